The lowest BCUT2D eigenvalue weighted by molar-refractivity contribution is -0.136. The maximum atomic E-state index is 13.5. The fraction of sp³-hybridized carbons (Fsp3) is 0.316. The van der Waals surface area contributed by atoms with E-state index >= 15 is 0 Å². The predicted molar refractivity (Wildman–Crippen MR) is 97.7 cm³/mol. The number of nitrogen functional groups attached to an aromatic ring is 1. The van der Waals surface area contributed by atoms with Crippen LogP contribution in [0.15, 0.2) is 42.5 Å². The van der Waals surface area contributed by atoms with Crippen LogP contribution < -0.4 is 10.6 Å². The van der Waals surface area contributed by atoms with E-state index in [1.54, 1.807) is 17.0 Å². The summed E-state index contributed by atoms with van der Waals surface area (Å²) in [5.74, 6) is -0.492. The van der Waals surface area contributed by atoms with Gasteiger partial charge in [0.15, 0.2) is 0 Å². The van der Waals surface area contributed by atoms with Gasteiger partial charge in [-0.05, 0) is 41.5 Å². The highest BCUT2D eigenvalue weighted by atomic mass is 19.1. The van der Waals surface area contributed by atoms with Crippen molar-refractivity contribution in [1.29, 1.82) is 0 Å². The molecule has 0 fully saturated rings. The average molecular weight is 345 g/mol. The molecule has 0 aliphatic carbocycles. The van der Waals surface area contributed by atoms with Gasteiger partial charge < -0.3 is 20.3 Å². The summed E-state index contributed by atoms with van der Waals surface area (Å²) in [6.45, 7) is 0.619. The summed E-state index contributed by atoms with van der Waals surface area (Å²) in [4.78, 5) is 16.1. The van der Waals surface area contributed by atoms with Crippen molar-refractivity contribution in [2.24, 2.45) is 0 Å². The van der Waals surface area contributed by atoms with E-state index in [-0.39, 0.29) is 18.3 Å². The van der Waals surface area contributed by atoms with Crippen LogP contribution in [0.25, 0.3) is 0 Å². The Bertz CT molecular complexity index is 734. The van der Waals surface area contributed by atoms with Crippen molar-refractivity contribution >= 4 is 17.3 Å². The largest absolute Gasteiger partial charge is 0.399 e. The Kier molecular flexibility index (Phi) is 6.36. The molecule has 2 N–H and O–H groups in total. The van der Waals surface area contributed by atoms with Crippen molar-refractivity contribution in [3.63, 3.8) is 0 Å². The normalized spacial score (nSPS) is 10.6. The highest BCUT2D eigenvalue weighted by Crippen LogP contribution is 2.24. The van der Waals surface area contributed by atoms with Crippen molar-refractivity contribution < 1.29 is 13.9 Å². The zero-order chi connectivity index (χ0) is 18.4. The number of anilines is 2. The first kappa shape index (κ1) is 18.7. The number of nitrogens with two attached hydrogens (primary N) is 1. The van der Waals surface area contributed by atoms with Crippen LogP contribution in [-0.4, -0.2) is 38.6 Å². The van der Waals surface area contributed by atoms with Gasteiger partial charge in [0.25, 0.3) is 0 Å². The van der Waals surface area contributed by atoms with E-state index < -0.39 is 0 Å². The maximum absolute atomic E-state index is 13.5. The van der Waals surface area contributed by atoms with Crippen molar-refractivity contribution in [1.82, 2.24) is 4.90 Å². The van der Waals surface area contributed by atoms with E-state index in [1.165, 1.54) is 19.2 Å². The molecule has 0 spiro atoms. The third-order valence-corrected chi connectivity index (χ3v) is 3.83. The van der Waals surface area contributed by atoms with E-state index in [9.17, 15) is 9.18 Å². The lowest BCUT2D eigenvalue weighted by Crippen LogP contribution is -2.33. The molecular formula is C19H24FN3O2. The van der Waals surface area contributed by atoms with Crippen LogP contribution in [-0.2, 0) is 22.6 Å². The number of halogens is 1. The molecule has 2 rings (SSSR count). The molecule has 0 saturated heterocycles. The second kappa shape index (κ2) is 8.48. The van der Waals surface area contributed by atoms with Gasteiger partial charge in [0.1, 0.15) is 12.4 Å². The van der Waals surface area contributed by atoms with Gasteiger partial charge in [-0.25, -0.2) is 4.39 Å². The van der Waals surface area contributed by atoms with Crippen molar-refractivity contribution in [3.8, 4) is 0 Å². The van der Waals surface area contributed by atoms with Crippen LogP contribution in [0.5, 0.6) is 0 Å². The Hall–Kier alpha value is -2.60. The number of rotatable bonds is 7. The van der Waals surface area contributed by atoms with E-state index in [0.29, 0.717) is 18.8 Å². The molecule has 0 radical (unpaired) electrons. The summed E-state index contributed by atoms with van der Waals surface area (Å²) in [5, 5.41) is 0. The van der Waals surface area contributed by atoms with E-state index in [2.05, 4.69) is 0 Å². The zero-order valence-corrected chi connectivity index (χ0v) is 14.8. The third kappa shape index (κ3) is 5.19. The molecule has 0 saturated carbocycles. The topological polar surface area (TPSA) is 58.8 Å². The van der Waals surface area contributed by atoms with E-state index in [1.807, 2.05) is 37.2 Å². The minimum absolute atomic E-state index is 0.0328. The summed E-state index contributed by atoms with van der Waals surface area (Å²) in [7, 11) is 5.34. The second-order valence-corrected chi connectivity index (χ2v) is 6.10. The Balaban J connectivity index is 2.30. The molecule has 25 heavy (non-hydrogen) atoms. The van der Waals surface area contributed by atoms with Gasteiger partial charge >= 0.3 is 0 Å². The van der Waals surface area contributed by atoms with Gasteiger partial charge in [0.05, 0.1) is 0 Å². The molecule has 2 aromatic rings. The summed E-state index contributed by atoms with van der Waals surface area (Å²) < 4.78 is 18.4. The van der Waals surface area contributed by atoms with Gasteiger partial charge in [0, 0.05) is 45.7 Å². The molecule has 2 aromatic carbocycles. The summed E-state index contributed by atoms with van der Waals surface area (Å²) in [6.07, 6.45) is 0. The van der Waals surface area contributed by atoms with Gasteiger partial charge in [-0.15, -0.1) is 0 Å². The Labute approximate surface area is 147 Å². The minimum atomic E-state index is -0.324. The first-order valence-corrected chi connectivity index (χ1v) is 7.97. The Morgan fingerprint density at radius 2 is 1.92 bits per heavy atom. The monoisotopic (exact) mass is 345 g/mol. The van der Waals surface area contributed by atoms with E-state index in [4.69, 9.17) is 10.5 Å². The molecule has 6 heteroatoms. The number of amides is 1. The number of hydrogen-bond donors (Lipinski definition) is 1. The fourth-order valence-electron chi connectivity index (χ4n) is 2.68. The lowest BCUT2D eigenvalue weighted by Gasteiger charge is -2.26. The van der Waals surface area contributed by atoms with Gasteiger partial charge in [-0.1, -0.05) is 12.1 Å². The molecular weight excluding hydrogens is 321 g/mol. The molecule has 5 nitrogen and oxygen atoms in total. The van der Waals surface area contributed by atoms with Gasteiger partial charge in [0.2, 0.25) is 5.91 Å². The van der Waals surface area contributed by atoms with Gasteiger partial charge in [-0.2, -0.15) is 0 Å². The summed E-state index contributed by atoms with van der Waals surface area (Å²) >= 11 is 0. The van der Waals surface area contributed by atoms with Crippen LogP contribution in [0.1, 0.15) is 11.1 Å². The van der Waals surface area contributed by atoms with Crippen LogP contribution >= 0.6 is 0 Å². The number of nitrogens with zero attached hydrogens (tertiary/aromatic N) is 2. The number of hydrogen-bond acceptors (Lipinski definition) is 4. The molecule has 0 bridgehead atoms. The first-order valence-electron chi connectivity index (χ1n) is 7.97. The highest BCUT2D eigenvalue weighted by Gasteiger charge is 2.17. The smallest absolute Gasteiger partial charge is 0.249 e. The van der Waals surface area contributed by atoms with Crippen molar-refractivity contribution in [2.75, 3.05) is 38.4 Å². The average Bonchev–Trinajstić information content (AvgIpc) is 2.54. The quantitative estimate of drug-likeness (QED) is 0.784. The number of benzene rings is 2. The number of ether oxygens (including phenoxy) is 1. The highest BCUT2D eigenvalue weighted by molar-refractivity contribution is 5.77. The summed E-state index contributed by atoms with van der Waals surface area (Å²) in [5.41, 5.74) is 9.16. The molecule has 0 unspecified atom stereocenters. The molecule has 0 aliphatic heterocycles. The molecule has 134 valence electrons. The van der Waals surface area contributed by atoms with Crippen LogP contribution in [0, 0.1) is 5.82 Å². The fourth-order valence-corrected chi connectivity index (χ4v) is 2.68. The zero-order valence-electron chi connectivity index (χ0n) is 14.8. The summed E-state index contributed by atoms with van der Waals surface area (Å²) in [6, 6.07) is 11.8. The first-order chi connectivity index (χ1) is 11.9. The SMILES string of the molecule is COCC(=O)N(Cc1cccc(F)c1)Cc1cc(N)ccc1N(C)C. The Morgan fingerprint density at radius 1 is 1.16 bits per heavy atom. The number of carbonyl (C=O) groups excluding carboxylic acids is 1. The van der Waals surface area contributed by atoms with Crippen LogP contribution in [0.3, 0.4) is 0 Å². The molecule has 0 heterocycles. The molecule has 0 atom stereocenters. The van der Waals surface area contributed by atoms with Gasteiger partial charge in [-0.3, -0.25) is 4.79 Å². The predicted octanol–water partition coefficient (Wildman–Crippen LogP) is 2.65. The van der Waals surface area contributed by atoms with Crippen molar-refractivity contribution in [2.45, 2.75) is 13.1 Å². The van der Waals surface area contributed by atoms with E-state index in [0.717, 1.165) is 16.8 Å². The second-order valence-electron chi connectivity index (χ2n) is 6.10. The molecule has 0 aromatic heterocycles. The lowest BCUT2D eigenvalue weighted by atomic mass is 10.1. The van der Waals surface area contributed by atoms with Crippen LogP contribution in [0.4, 0.5) is 15.8 Å². The molecule has 0 aliphatic rings. The minimum Gasteiger partial charge on any atom is -0.399 e. The van der Waals surface area contributed by atoms with Crippen LogP contribution in [0.2, 0.25) is 0 Å². The van der Waals surface area contributed by atoms with Crippen molar-refractivity contribution in [3.05, 3.63) is 59.4 Å². The standard InChI is InChI=1S/C19H24FN3O2/c1-22(2)18-8-7-17(21)10-15(18)12-23(19(24)13-25-3)11-14-5-4-6-16(20)9-14/h4-10H,11-13,21H2,1-3H3. The Morgan fingerprint density at radius 3 is 2.56 bits per heavy atom. The molecule has 1 amide bonds. The number of methoxy groups -OCH3 is 1. The maximum Gasteiger partial charge on any atom is 0.249 e. The third-order valence-electron chi connectivity index (χ3n) is 3.83. The number of carbonyl (C=O) groups is 1.